The molecule has 2 unspecified atom stereocenters. The molecule has 2 nitrogen and oxygen atoms in total. The lowest BCUT2D eigenvalue weighted by Crippen LogP contribution is -2.34. The molecule has 2 rings (SSSR count). The molecule has 0 aliphatic heterocycles. The van der Waals surface area contributed by atoms with Crippen LogP contribution in [-0.2, 0) is 0 Å². The van der Waals surface area contributed by atoms with Gasteiger partial charge >= 0.3 is 0 Å². The van der Waals surface area contributed by atoms with Gasteiger partial charge < -0.3 is 11.1 Å². The molecule has 2 aliphatic carbocycles. The van der Waals surface area contributed by atoms with Gasteiger partial charge in [0.1, 0.15) is 0 Å². The third-order valence-corrected chi connectivity index (χ3v) is 3.89. The molecule has 0 radical (unpaired) electrons. The van der Waals surface area contributed by atoms with Gasteiger partial charge in [-0.15, -0.1) is 0 Å². The number of nitrogens with one attached hydrogen (secondary N) is 1. The third kappa shape index (κ3) is 2.05. The largest absolute Gasteiger partial charge is 0.329 e. The van der Waals surface area contributed by atoms with E-state index in [1.807, 2.05) is 0 Å². The second-order valence-corrected chi connectivity index (χ2v) is 4.82. The Bertz CT molecular complexity index is 157. The highest BCUT2D eigenvalue weighted by atomic mass is 14.9. The van der Waals surface area contributed by atoms with Crippen LogP contribution in [0, 0.1) is 17.8 Å². The SMILES string of the molecule is C[C@@H](CN)NCC1C2CCCCC21. The van der Waals surface area contributed by atoms with Crippen LogP contribution >= 0.6 is 0 Å². The van der Waals surface area contributed by atoms with Crippen molar-refractivity contribution in [2.75, 3.05) is 13.1 Å². The molecule has 0 amide bonds. The van der Waals surface area contributed by atoms with E-state index in [0.717, 1.165) is 24.3 Å². The average Bonchev–Trinajstić information content (AvgIpc) is 2.88. The zero-order valence-electron chi connectivity index (χ0n) is 8.63. The Kier molecular flexibility index (Phi) is 2.89. The molecule has 0 bridgehead atoms. The fourth-order valence-electron chi connectivity index (χ4n) is 2.86. The zero-order valence-corrected chi connectivity index (χ0v) is 8.63. The van der Waals surface area contributed by atoms with E-state index in [0.29, 0.717) is 6.04 Å². The molecule has 0 aromatic rings. The summed E-state index contributed by atoms with van der Waals surface area (Å²) in [4.78, 5) is 0. The summed E-state index contributed by atoms with van der Waals surface area (Å²) in [5, 5.41) is 3.53. The maximum absolute atomic E-state index is 5.56. The van der Waals surface area contributed by atoms with Gasteiger partial charge in [0.2, 0.25) is 0 Å². The van der Waals surface area contributed by atoms with E-state index in [9.17, 15) is 0 Å². The predicted octanol–water partition coefficient (Wildman–Crippen LogP) is 1.36. The summed E-state index contributed by atoms with van der Waals surface area (Å²) in [7, 11) is 0. The van der Waals surface area contributed by atoms with Gasteiger partial charge in [-0.3, -0.25) is 0 Å². The highest BCUT2D eigenvalue weighted by Gasteiger charge is 2.49. The lowest BCUT2D eigenvalue weighted by molar-refractivity contribution is 0.480. The molecule has 0 aromatic carbocycles. The molecule has 0 spiro atoms. The van der Waals surface area contributed by atoms with Gasteiger partial charge in [-0.1, -0.05) is 12.8 Å². The van der Waals surface area contributed by atoms with Crippen molar-refractivity contribution in [3.8, 4) is 0 Å². The van der Waals surface area contributed by atoms with Crippen LogP contribution in [0.3, 0.4) is 0 Å². The quantitative estimate of drug-likeness (QED) is 0.689. The monoisotopic (exact) mass is 182 g/mol. The maximum atomic E-state index is 5.56. The van der Waals surface area contributed by atoms with Crippen molar-refractivity contribution in [3.05, 3.63) is 0 Å². The van der Waals surface area contributed by atoms with Crippen molar-refractivity contribution >= 4 is 0 Å². The lowest BCUT2D eigenvalue weighted by atomic mass is 10.0. The summed E-state index contributed by atoms with van der Waals surface area (Å²) in [6.07, 6.45) is 5.94. The number of hydrogen-bond donors (Lipinski definition) is 2. The molecule has 76 valence electrons. The summed E-state index contributed by atoms with van der Waals surface area (Å²) in [5.74, 6) is 3.15. The summed E-state index contributed by atoms with van der Waals surface area (Å²) < 4.78 is 0. The minimum Gasteiger partial charge on any atom is -0.329 e. The normalized spacial score (nSPS) is 39.7. The first-order valence-corrected chi connectivity index (χ1v) is 5.76. The van der Waals surface area contributed by atoms with E-state index in [1.165, 1.54) is 32.2 Å². The Morgan fingerprint density at radius 2 is 1.92 bits per heavy atom. The first-order chi connectivity index (χ1) is 6.33. The van der Waals surface area contributed by atoms with Gasteiger partial charge in [0, 0.05) is 12.6 Å². The van der Waals surface area contributed by atoms with Crippen molar-refractivity contribution in [2.24, 2.45) is 23.5 Å². The van der Waals surface area contributed by atoms with Crippen LogP contribution in [0.15, 0.2) is 0 Å². The van der Waals surface area contributed by atoms with Crippen LogP contribution in [0.4, 0.5) is 0 Å². The summed E-state index contributed by atoms with van der Waals surface area (Å²) >= 11 is 0. The van der Waals surface area contributed by atoms with Crippen molar-refractivity contribution in [3.63, 3.8) is 0 Å². The predicted molar refractivity (Wildman–Crippen MR) is 55.5 cm³/mol. The Balaban J connectivity index is 1.67. The number of fused-ring (bicyclic) bond motifs is 1. The smallest absolute Gasteiger partial charge is 0.0162 e. The van der Waals surface area contributed by atoms with Crippen LogP contribution in [0.1, 0.15) is 32.6 Å². The standard InChI is InChI=1S/C11H22N2/c1-8(6-12)13-7-11-9-4-2-3-5-10(9)11/h8-11,13H,2-7,12H2,1H3/t8-,9?,10?,11?/m0/s1. The first kappa shape index (κ1) is 9.47. The highest BCUT2D eigenvalue weighted by Crippen LogP contribution is 2.54. The fraction of sp³-hybridized carbons (Fsp3) is 1.00. The molecule has 2 heteroatoms. The van der Waals surface area contributed by atoms with Crippen molar-refractivity contribution in [1.29, 1.82) is 0 Å². The Labute approximate surface area is 81.3 Å². The molecule has 2 fully saturated rings. The third-order valence-electron chi connectivity index (χ3n) is 3.89. The average molecular weight is 182 g/mol. The van der Waals surface area contributed by atoms with E-state index in [1.54, 1.807) is 0 Å². The maximum Gasteiger partial charge on any atom is 0.0162 e. The molecule has 2 saturated carbocycles. The van der Waals surface area contributed by atoms with E-state index in [4.69, 9.17) is 5.73 Å². The van der Waals surface area contributed by atoms with Crippen molar-refractivity contribution in [2.45, 2.75) is 38.6 Å². The molecule has 0 saturated heterocycles. The minimum absolute atomic E-state index is 0.502. The van der Waals surface area contributed by atoms with Crippen molar-refractivity contribution < 1.29 is 0 Å². The second kappa shape index (κ2) is 3.97. The van der Waals surface area contributed by atoms with E-state index >= 15 is 0 Å². The summed E-state index contributed by atoms with van der Waals surface area (Å²) in [6.45, 7) is 4.15. The van der Waals surface area contributed by atoms with Crippen LogP contribution in [0.2, 0.25) is 0 Å². The second-order valence-electron chi connectivity index (χ2n) is 4.82. The van der Waals surface area contributed by atoms with Crippen LogP contribution in [-0.4, -0.2) is 19.1 Å². The van der Waals surface area contributed by atoms with Gasteiger partial charge in [0.05, 0.1) is 0 Å². The van der Waals surface area contributed by atoms with Crippen LogP contribution < -0.4 is 11.1 Å². The molecular weight excluding hydrogens is 160 g/mol. The van der Waals surface area contributed by atoms with Crippen LogP contribution in [0.25, 0.3) is 0 Å². The molecule has 3 N–H and O–H groups in total. The van der Waals surface area contributed by atoms with E-state index < -0.39 is 0 Å². The van der Waals surface area contributed by atoms with Gasteiger partial charge in [0.15, 0.2) is 0 Å². The summed E-state index contributed by atoms with van der Waals surface area (Å²) in [5.41, 5.74) is 5.56. The first-order valence-electron chi connectivity index (χ1n) is 5.76. The molecule has 3 atom stereocenters. The topological polar surface area (TPSA) is 38.0 Å². The van der Waals surface area contributed by atoms with E-state index in [-0.39, 0.29) is 0 Å². The van der Waals surface area contributed by atoms with Gasteiger partial charge in [-0.05, 0) is 44.1 Å². The van der Waals surface area contributed by atoms with Gasteiger partial charge in [0.25, 0.3) is 0 Å². The fourth-order valence-corrected chi connectivity index (χ4v) is 2.86. The number of rotatable bonds is 4. The zero-order chi connectivity index (χ0) is 9.26. The number of nitrogens with two attached hydrogens (primary N) is 1. The lowest BCUT2D eigenvalue weighted by Gasteiger charge is -2.10. The van der Waals surface area contributed by atoms with Gasteiger partial charge in [-0.25, -0.2) is 0 Å². The Morgan fingerprint density at radius 1 is 1.31 bits per heavy atom. The highest BCUT2D eigenvalue weighted by molar-refractivity contribution is 5.00. The van der Waals surface area contributed by atoms with E-state index in [2.05, 4.69) is 12.2 Å². The minimum atomic E-state index is 0.502. The molecular formula is C11H22N2. The molecule has 2 aliphatic rings. The molecule has 0 heterocycles. The number of hydrogen-bond acceptors (Lipinski definition) is 2. The Morgan fingerprint density at radius 3 is 2.46 bits per heavy atom. The Hall–Kier alpha value is -0.0800. The molecule has 0 aromatic heterocycles. The molecule has 13 heavy (non-hydrogen) atoms. The van der Waals surface area contributed by atoms with Gasteiger partial charge in [-0.2, -0.15) is 0 Å². The summed E-state index contributed by atoms with van der Waals surface area (Å²) in [6, 6.07) is 0.502. The van der Waals surface area contributed by atoms with Crippen molar-refractivity contribution in [1.82, 2.24) is 5.32 Å². The van der Waals surface area contributed by atoms with Crippen LogP contribution in [0.5, 0.6) is 0 Å².